The first-order chi connectivity index (χ1) is 8.41. The van der Waals surface area contributed by atoms with Crippen molar-refractivity contribution < 1.29 is 9.59 Å². The highest BCUT2D eigenvalue weighted by atomic mass is 16.2. The molecule has 18 heavy (non-hydrogen) atoms. The maximum atomic E-state index is 12.5. The highest BCUT2D eigenvalue weighted by Crippen LogP contribution is 2.24. The molecule has 0 aliphatic carbocycles. The molecule has 0 saturated carbocycles. The Hall–Kier alpha value is -1.50. The van der Waals surface area contributed by atoms with E-state index in [0.29, 0.717) is 6.42 Å². The number of carbonyl (C=O) groups is 2. The van der Waals surface area contributed by atoms with Crippen LogP contribution in [0.2, 0.25) is 0 Å². The maximum Gasteiger partial charge on any atom is 0.249 e. The number of rotatable bonds is 4. The van der Waals surface area contributed by atoms with Gasteiger partial charge in [0.15, 0.2) is 0 Å². The third-order valence-electron chi connectivity index (χ3n) is 3.70. The molecule has 100 valence electrons. The van der Waals surface area contributed by atoms with Crippen LogP contribution in [0.25, 0.3) is 0 Å². The smallest absolute Gasteiger partial charge is 0.249 e. The Morgan fingerprint density at radius 1 is 1.50 bits per heavy atom. The predicted octanol–water partition coefficient (Wildman–Crippen LogP) is 1.30. The Bertz CT molecular complexity index is 386. The lowest BCUT2D eigenvalue weighted by Crippen LogP contribution is -2.70. The van der Waals surface area contributed by atoms with Crippen LogP contribution < -0.4 is 5.32 Å². The molecular formula is C14H22N2O2. The molecule has 0 radical (unpaired) electrons. The van der Waals surface area contributed by atoms with Gasteiger partial charge in [-0.05, 0) is 26.7 Å². The van der Waals surface area contributed by atoms with E-state index in [-0.39, 0.29) is 17.9 Å². The van der Waals surface area contributed by atoms with E-state index in [9.17, 15) is 9.59 Å². The van der Waals surface area contributed by atoms with Crippen molar-refractivity contribution in [3.8, 4) is 12.3 Å². The zero-order valence-electron chi connectivity index (χ0n) is 11.6. The predicted molar refractivity (Wildman–Crippen MR) is 70.7 cm³/mol. The lowest BCUT2D eigenvalue weighted by atomic mass is 9.90. The molecule has 1 N–H and O–H groups in total. The zero-order valence-corrected chi connectivity index (χ0v) is 11.6. The third-order valence-corrected chi connectivity index (χ3v) is 3.70. The van der Waals surface area contributed by atoms with E-state index in [1.165, 1.54) is 0 Å². The molecule has 4 nitrogen and oxygen atoms in total. The lowest BCUT2D eigenvalue weighted by Gasteiger charge is -2.45. The van der Waals surface area contributed by atoms with Crippen molar-refractivity contribution in [2.24, 2.45) is 0 Å². The van der Waals surface area contributed by atoms with E-state index in [1.54, 1.807) is 18.7 Å². The number of nitrogens with zero attached hydrogens (tertiary/aromatic N) is 1. The summed E-state index contributed by atoms with van der Waals surface area (Å²) in [7, 11) is 0. The Morgan fingerprint density at radius 2 is 2.11 bits per heavy atom. The first kappa shape index (κ1) is 14.6. The molecule has 2 amide bonds. The number of hydrogen-bond acceptors (Lipinski definition) is 2. The van der Waals surface area contributed by atoms with Crippen molar-refractivity contribution in [3.05, 3.63) is 0 Å². The molecule has 0 aromatic rings. The van der Waals surface area contributed by atoms with Gasteiger partial charge in [-0.15, -0.1) is 6.42 Å². The van der Waals surface area contributed by atoms with Gasteiger partial charge >= 0.3 is 0 Å². The van der Waals surface area contributed by atoms with Crippen LogP contribution in [0.4, 0.5) is 0 Å². The fourth-order valence-corrected chi connectivity index (χ4v) is 2.24. The second-order valence-electron chi connectivity index (χ2n) is 5.03. The highest BCUT2D eigenvalue weighted by molar-refractivity contribution is 5.99. The molecule has 0 bridgehead atoms. The Morgan fingerprint density at radius 3 is 2.56 bits per heavy atom. The quantitative estimate of drug-likeness (QED) is 0.765. The monoisotopic (exact) mass is 250 g/mol. The summed E-state index contributed by atoms with van der Waals surface area (Å²) in [5, 5.41) is 2.79. The van der Waals surface area contributed by atoms with Gasteiger partial charge in [0.2, 0.25) is 11.8 Å². The minimum absolute atomic E-state index is 0.0755. The summed E-state index contributed by atoms with van der Waals surface area (Å²) in [6.07, 6.45) is 7.68. The molecular weight excluding hydrogens is 228 g/mol. The van der Waals surface area contributed by atoms with E-state index in [1.807, 2.05) is 13.8 Å². The van der Waals surface area contributed by atoms with Crippen LogP contribution in [0.5, 0.6) is 0 Å². The highest BCUT2D eigenvalue weighted by Gasteiger charge is 2.47. The number of carbonyl (C=O) groups excluding carboxylic acids is 2. The van der Waals surface area contributed by atoms with Gasteiger partial charge in [-0.3, -0.25) is 9.59 Å². The van der Waals surface area contributed by atoms with E-state index in [0.717, 1.165) is 12.8 Å². The summed E-state index contributed by atoms with van der Waals surface area (Å²) >= 11 is 0. The van der Waals surface area contributed by atoms with Crippen molar-refractivity contribution in [2.75, 3.05) is 0 Å². The zero-order chi connectivity index (χ0) is 13.9. The van der Waals surface area contributed by atoms with Crippen LogP contribution in [-0.2, 0) is 9.59 Å². The van der Waals surface area contributed by atoms with E-state index in [4.69, 9.17) is 6.42 Å². The SMILES string of the molecule is C#CC(CCC)N1C(=O)C(C)(CC)NC(=O)C1C. The molecule has 1 fully saturated rings. The average molecular weight is 250 g/mol. The Balaban J connectivity index is 3.10. The summed E-state index contributed by atoms with van der Waals surface area (Å²) in [5.74, 6) is 2.44. The lowest BCUT2D eigenvalue weighted by molar-refractivity contribution is -0.155. The largest absolute Gasteiger partial charge is 0.340 e. The van der Waals surface area contributed by atoms with Gasteiger partial charge in [-0.25, -0.2) is 0 Å². The second-order valence-corrected chi connectivity index (χ2v) is 5.03. The van der Waals surface area contributed by atoms with Crippen LogP contribution in [0, 0.1) is 12.3 Å². The van der Waals surface area contributed by atoms with Crippen molar-refractivity contribution in [3.63, 3.8) is 0 Å². The van der Waals surface area contributed by atoms with Gasteiger partial charge in [-0.1, -0.05) is 26.2 Å². The molecule has 1 aliphatic heterocycles. The summed E-state index contributed by atoms with van der Waals surface area (Å²) in [6, 6.07) is -0.792. The molecule has 0 spiro atoms. The molecule has 1 saturated heterocycles. The van der Waals surface area contributed by atoms with E-state index in [2.05, 4.69) is 11.2 Å². The molecule has 3 unspecified atom stereocenters. The number of amides is 2. The van der Waals surface area contributed by atoms with Gasteiger partial charge in [0.25, 0.3) is 0 Å². The minimum atomic E-state index is -0.827. The molecule has 1 aliphatic rings. The standard InChI is InChI=1S/C14H22N2O2/c1-6-9-11(7-2)16-10(4)12(17)15-14(5,8-3)13(16)18/h2,10-11H,6,8-9H2,1,3-5H3,(H,15,17). The van der Waals surface area contributed by atoms with E-state index < -0.39 is 11.6 Å². The topological polar surface area (TPSA) is 49.4 Å². The van der Waals surface area contributed by atoms with Crippen LogP contribution in [0.1, 0.15) is 47.0 Å². The van der Waals surface area contributed by atoms with Gasteiger partial charge < -0.3 is 10.2 Å². The van der Waals surface area contributed by atoms with Crippen molar-refractivity contribution in [1.82, 2.24) is 10.2 Å². The second kappa shape index (κ2) is 5.43. The number of piperazine rings is 1. The molecule has 4 heteroatoms. The van der Waals surface area contributed by atoms with Crippen LogP contribution in [-0.4, -0.2) is 34.3 Å². The Kier molecular flexibility index (Phi) is 4.39. The van der Waals surface area contributed by atoms with E-state index >= 15 is 0 Å². The van der Waals surface area contributed by atoms with Gasteiger partial charge in [0, 0.05) is 0 Å². The van der Waals surface area contributed by atoms with Crippen molar-refractivity contribution in [1.29, 1.82) is 0 Å². The molecule has 1 heterocycles. The summed E-state index contributed by atoms with van der Waals surface area (Å²) in [6.45, 7) is 7.38. The fraction of sp³-hybridized carbons (Fsp3) is 0.714. The van der Waals surface area contributed by atoms with Crippen molar-refractivity contribution in [2.45, 2.75) is 64.6 Å². The molecule has 0 aromatic heterocycles. The summed E-state index contributed by atoms with van der Waals surface area (Å²) in [4.78, 5) is 26.1. The van der Waals surface area contributed by atoms with Gasteiger partial charge in [0.1, 0.15) is 11.6 Å². The summed E-state index contributed by atoms with van der Waals surface area (Å²) in [5.41, 5.74) is -0.827. The summed E-state index contributed by atoms with van der Waals surface area (Å²) < 4.78 is 0. The van der Waals surface area contributed by atoms with Crippen LogP contribution in [0.3, 0.4) is 0 Å². The Labute approximate surface area is 109 Å². The number of nitrogens with one attached hydrogen (secondary N) is 1. The normalized spacial score (nSPS) is 29.7. The number of terminal acetylenes is 1. The first-order valence-corrected chi connectivity index (χ1v) is 6.52. The average Bonchev–Trinajstić information content (AvgIpc) is 2.35. The molecule has 0 aromatic carbocycles. The molecule has 3 atom stereocenters. The fourth-order valence-electron chi connectivity index (χ4n) is 2.24. The van der Waals surface area contributed by atoms with Gasteiger partial charge in [0.05, 0.1) is 6.04 Å². The molecule has 1 rings (SSSR count). The minimum Gasteiger partial charge on any atom is -0.340 e. The first-order valence-electron chi connectivity index (χ1n) is 6.52. The van der Waals surface area contributed by atoms with Gasteiger partial charge in [-0.2, -0.15) is 0 Å². The third kappa shape index (κ3) is 2.35. The van der Waals surface area contributed by atoms with Crippen LogP contribution in [0.15, 0.2) is 0 Å². The van der Waals surface area contributed by atoms with Crippen LogP contribution >= 0.6 is 0 Å². The van der Waals surface area contributed by atoms with Crippen molar-refractivity contribution >= 4 is 11.8 Å². The number of hydrogen-bond donors (Lipinski definition) is 1. The maximum absolute atomic E-state index is 12.5.